The molecule has 1 amide bonds. The van der Waals surface area contributed by atoms with Crippen molar-refractivity contribution in [2.45, 2.75) is 24.1 Å². The number of carboxylic acids is 1. The maximum absolute atomic E-state index is 13.0. The summed E-state index contributed by atoms with van der Waals surface area (Å²) < 4.78 is 44.5. The zero-order chi connectivity index (χ0) is 18.8. The number of carbonyl (C=O) groups excluding carboxylic acids is 1. The summed E-state index contributed by atoms with van der Waals surface area (Å²) in [7, 11) is 0. The van der Waals surface area contributed by atoms with Crippen LogP contribution in [0.4, 0.5) is 13.2 Å². The maximum atomic E-state index is 13.0. The quantitative estimate of drug-likeness (QED) is 0.800. The van der Waals surface area contributed by atoms with Crippen LogP contribution in [0.3, 0.4) is 0 Å². The summed E-state index contributed by atoms with van der Waals surface area (Å²) in [6.45, 7) is 0.289. The molecule has 138 valence electrons. The number of carbonyl (C=O) groups is 2. The van der Waals surface area contributed by atoms with Crippen molar-refractivity contribution >= 4 is 23.6 Å². The van der Waals surface area contributed by atoms with Crippen LogP contribution in [0.25, 0.3) is 0 Å². The fourth-order valence-electron chi connectivity index (χ4n) is 2.73. The van der Waals surface area contributed by atoms with Gasteiger partial charge in [0.1, 0.15) is 5.75 Å². The Morgan fingerprint density at radius 1 is 1.28 bits per heavy atom. The Morgan fingerprint density at radius 2 is 1.88 bits per heavy atom. The third kappa shape index (κ3) is 4.59. The Morgan fingerprint density at radius 3 is 2.32 bits per heavy atom. The van der Waals surface area contributed by atoms with Gasteiger partial charge in [0, 0.05) is 18.0 Å². The maximum Gasteiger partial charge on any atom is 0.394 e. The number of carboxylic acid groups (broad SMARTS) is 1. The summed E-state index contributed by atoms with van der Waals surface area (Å²) in [5.41, 5.74) is 0. The lowest BCUT2D eigenvalue weighted by Crippen LogP contribution is -2.40. The zero-order valence-corrected chi connectivity index (χ0v) is 14.4. The molecule has 3 atom stereocenters. The number of hydrogen-bond donors (Lipinski definition) is 1. The molecule has 1 aromatic carbocycles. The van der Waals surface area contributed by atoms with Crippen LogP contribution >= 0.6 is 11.8 Å². The first-order chi connectivity index (χ1) is 11.6. The molecule has 25 heavy (non-hydrogen) atoms. The highest BCUT2D eigenvalue weighted by Gasteiger charge is 2.53. The predicted molar refractivity (Wildman–Crippen MR) is 85.6 cm³/mol. The van der Waals surface area contributed by atoms with Gasteiger partial charge in [-0.15, -0.1) is 11.8 Å². The Bertz CT molecular complexity index is 635. The van der Waals surface area contributed by atoms with Crippen LogP contribution in [0, 0.1) is 11.8 Å². The first kappa shape index (κ1) is 19.4. The summed E-state index contributed by atoms with van der Waals surface area (Å²) in [5, 5.41) is 9.00. The standard InChI is InChI=1S/C16H18F3NO4S/c1-9(24-10-3-5-11(25-2)6-4-10)14(21)20-7-12(15(22)23)13(8-20)16(17,18)19/h3-6,9,12-13H,7-8H2,1-2H3,(H,22,23)/t9?,12-,13-/m1/s1. The first-order valence-corrected chi connectivity index (χ1v) is 8.75. The Balaban J connectivity index is 2.05. The molecule has 0 saturated carbocycles. The molecule has 0 spiro atoms. The lowest BCUT2D eigenvalue weighted by molar-refractivity contribution is -0.188. The van der Waals surface area contributed by atoms with Crippen molar-refractivity contribution in [1.82, 2.24) is 4.90 Å². The monoisotopic (exact) mass is 377 g/mol. The van der Waals surface area contributed by atoms with E-state index >= 15 is 0 Å². The molecule has 1 unspecified atom stereocenters. The van der Waals surface area contributed by atoms with E-state index in [-0.39, 0.29) is 0 Å². The van der Waals surface area contributed by atoms with Crippen molar-refractivity contribution in [2.24, 2.45) is 11.8 Å². The van der Waals surface area contributed by atoms with Crippen LogP contribution in [0.5, 0.6) is 5.75 Å². The van der Waals surface area contributed by atoms with Gasteiger partial charge in [0.15, 0.2) is 6.10 Å². The number of benzene rings is 1. The molecule has 1 heterocycles. The third-order valence-corrected chi connectivity index (χ3v) is 4.83. The highest BCUT2D eigenvalue weighted by molar-refractivity contribution is 7.98. The molecule has 0 aliphatic carbocycles. The lowest BCUT2D eigenvalue weighted by atomic mass is 9.96. The molecule has 1 saturated heterocycles. The van der Waals surface area contributed by atoms with E-state index in [4.69, 9.17) is 9.84 Å². The molecular weight excluding hydrogens is 359 g/mol. The van der Waals surface area contributed by atoms with E-state index in [1.807, 2.05) is 6.26 Å². The van der Waals surface area contributed by atoms with E-state index in [1.165, 1.54) is 18.7 Å². The number of thioether (sulfide) groups is 1. The molecule has 2 rings (SSSR count). The SMILES string of the molecule is CSc1ccc(OC(C)C(=O)N2C[C@@H](C(F)(F)F)[C@H](C(=O)O)C2)cc1. The van der Waals surface area contributed by atoms with Crippen molar-refractivity contribution in [3.8, 4) is 5.75 Å². The number of amides is 1. The number of aliphatic carboxylic acids is 1. The summed E-state index contributed by atoms with van der Waals surface area (Å²) in [5.74, 6) is -5.52. The van der Waals surface area contributed by atoms with Crippen molar-refractivity contribution in [3.63, 3.8) is 0 Å². The van der Waals surface area contributed by atoms with E-state index in [1.54, 1.807) is 24.3 Å². The molecular formula is C16H18F3NO4S. The second-order valence-corrected chi connectivity index (χ2v) is 6.65. The fourth-order valence-corrected chi connectivity index (χ4v) is 3.14. The van der Waals surface area contributed by atoms with Crippen molar-refractivity contribution in [2.75, 3.05) is 19.3 Å². The molecule has 1 aromatic rings. The lowest BCUT2D eigenvalue weighted by Gasteiger charge is -2.22. The number of nitrogens with zero attached hydrogens (tertiary/aromatic N) is 1. The Labute approximate surface area is 147 Å². The minimum atomic E-state index is -4.67. The molecule has 9 heteroatoms. The number of alkyl halides is 3. The van der Waals surface area contributed by atoms with Gasteiger partial charge in [0.05, 0.1) is 11.8 Å². The minimum absolute atomic E-state index is 0.417. The van der Waals surface area contributed by atoms with E-state index in [0.717, 1.165) is 9.80 Å². The van der Waals surface area contributed by atoms with E-state index < -0.39 is 49.1 Å². The van der Waals surface area contributed by atoms with E-state index in [2.05, 4.69) is 0 Å². The summed E-state index contributed by atoms with van der Waals surface area (Å²) in [6, 6.07) is 6.93. The van der Waals surface area contributed by atoms with Crippen LogP contribution in [0.2, 0.25) is 0 Å². The van der Waals surface area contributed by atoms with Gasteiger partial charge < -0.3 is 14.7 Å². The molecule has 5 nitrogen and oxygen atoms in total. The molecule has 0 radical (unpaired) electrons. The fraction of sp³-hybridized carbons (Fsp3) is 0.500. The number of hydrogen-bond acceptors (Lipinski definition) is 4. The summed E-state index contributed by atoms with van der Waals surface area (Å²) in [4.78, 5) is 25.3. The molecule has 1 aliphatic rings. The van der Waals surface area contributed by atoms with Gasteiger partial charge >= 0.3 is 12.1 Å². The third-order valence-electron chi connectivity index (χ3n) is 4.09. The Kier molecular flexibility index (Phi) is 5.87. The molecule has 0 aromatic heterocycles. The topological polar surface area (TPSA) is 66.8 Å². The van der Waals surface area contributed by atoms with Gasteiger partial charge in [-0.3, -0.25) is 9.59 Å². The number of ether oxygens (including phenoxy) is 1. The average Bonchev–Trinajstić information content (AvgIpc) is 3.00. The van der Waals surface area contributed by atoms with Crippen LogP contribution < -0.4 is 4.74 Å². The van der Waals surface area contributed by atoms with Crippen LogP contribution in [0.1, 0.15) is 6.92 Å². The largest absolute Gasteiger partial charge is 0.481 e. The van der Waals surface area contributed by atoms with Crippen molar-refractivity contribution in [3.05, 3.63) is 24.3 Å². The van der Waals surface area contributed by atoms with Crippen LogP contribution in [-0.2, 0) is 9.59 Å². The molecule has 1 N–H and O–H groups in total. The van der Waals surface area contributed by atoms with Gasteiger partial charge in [-0.2, -0.15) is 13.2 Å². The highest BCUT2D eigenvalue weighted by atomic mass is 32.2. The normalized spacial score (nSPS) is 21.9. The summed E-state index contributed by atoms with van der Waals surface area (Å²) in [6.07, 6.45) is -3.78. The number of rotatable bonds is 5. The zero-order valence-electron chi connectivity index (χ0n) is 13.6. The molecule has 1 fully saturated rings. The number of halogens is 3. The number of likely N-dealkylation sites (tertiary alicyclic amines) is 1. The second-order valence-electron chi connectivity index (χ2n) is 5.77. The highest BCUT2D eigenvalue weighted by Crippen LogP contribution is 2.38. The predicted octanol–water partition coefficient (Wildman–Crippen LogP) is 2.90. The van der Waals surface area contributed by atoms with Gasteiger partial charge in [-0.25, -0.2) is 0 Å². The summed E-state index contributed by atoms with van der Waals surface area (Å²) >= 11 is 1.54. The molecule has 0 bridgehead atoms. The van der Waals surface area contributed by atoms with Gasteiger partial charge in [0.25, 0.3) is 5.91 Å². The van der Waals surface area contributed by atoms with Gasteiger partial charge in [-0.05, 0) is 37.4 Å². The van der Waals surface area contributed by atoms with Gasteiger partial charge in [-0.1, -0.05) is 0 Å². The van der Waals surface area contributed by atoms with E-state index in [9.17, 15) is 22.8 Å². The second kappa shape index (κ2) is 7.55. The minimum Gasteiger partial charge on any atom is -0.481 e. The van der Waals surface area contributed by atoms with Crippen molar-refractivity contribution in [1.29, 1.82) is 0 Å². The molecule has 1 aliphatic heterocycles. The van der Waals surface area contributed by atoms with E-state index in [0.29, 0.717) is 5.75 Å². The van der Waals surface area contributed by atoms with Crippen LogP contribution in [0.15, 0.2) is 29.2 Å². The van der Waals surface area contributed by atoms with Crippen LogP contribution in [-0.4, -0.2) is 53.5 Å². The first-order valence-electron chi connectivity index (χ1n) is 7.52. The van der Waals surface area contributed by atoms with Gasteiger partial charge in [0.2, 0.25) is 0 Å². The smallest absolute Gasteiger partial charge is 0.394 e. The van der Waals surface area contributed by atoms with Crippen molar-refractivity contribution < 1.29 is 32.6 Å². The average molecular weight is 377 g/mol. The Hall–Kier alpha value is -1.90.